The summed E-state index contributed by atoms with van der Waals surface area (Å²) in [6.45, 7) is 9.83. The smallest absolute Gasteiger partial charge is 0.236 e. The van der Waals surface area contributed by atoms with Crippen molar-refractivity contribution in [3.8, 4) is 0 Å². The van der Waals surface area contributed by atoms with Crippen molar-refractivity contribution in [1.82, 2.24) is 9.80 Å². The van der Waals surface area contributed by atoms with Gasteiger partial charge in [0.25, 0.3) is 0 Å². The molecule has 0 aromatic carbocycles. The van der Waals surface area contributed by atoms with Crippen molar-refractivity contribution in [2.24, 2.45) is 0 Å². The second kappa shape index (κ2) is 8.68. The third-order valence-electron chi connectivity index (χ3n) is 4.43. The van der Waals surface area contributed by atoms with Crippen LogP contribution in [0, 0.1) is 6.92 Å². The minimum atomic E-state index is 0.309. The van der Waals surface area contributed by atoms with Crippen molar-refractivity contribution >= 4 is 17.2 Å². The van der Waals surface area contributed by atoms with Gasteiger partial charge >= 0.3 is 0 Å². The van der Waals surface area contributed by atoms with Gasteiger partial charge in [-0.25, -0.2) is 0 Å². The molecule has 1 amide bonds. The van der Waals surface area contributed by atoms with Gasteiger partial charge in [0.1, 0.15) is 0 Å². The summed E-state index contributed by atoms with van der Waals surface area (Å²) in [6.07, 6.45) is 6.20. The lowest BCUT2D eigenvalue weighted by Gasteiger charge is -2.30. The number of likely N-dealkylation sites (tertiary alicyclic amines) is 1. The van der Waals surface area contributed by atoms with E-state index in [0.717, 1.165) is 32.5 Å². The zero-order valence-corrected chi connectivity index (χ0v) is 15.1. The fourth-order valence-electron chi connectivity index (χ4n) is 2.96. The van der Waals surface area contributed by atoms with Crippen LogP contribution in [0.4, 0.5) is 0 Å². The number of hydrogen-bond donors (Lipinski definition) is 0. The molecule has 1 aliphatic rings. The largest absolute Gasteiger partial charge is 0.342 e. The molecule has 2 rings (SSSR count). The molecule has 0 unspecified atom stereocenters. The summed E-state index contributed by atoms with van der Waals surface area (Å²) >= 11 is 1.84. The Hall–Kier alpha value is -0.870. The van der Waals surface area contributed by atoms with Gasteiger partial charge in [-0.3, -0.25) is 9.69 Å². The van der Waals surface area contributed by atoms with Gasteiger partial charge in [0, 0.05) is 35.4 Å². The molecule has 1 fully saturated rings. The maximum Gasteiger partial charge on any atom is 0.236 e. The first-order chi connectivity index (χ1) is 10.6. The molecule has 0 aliphatic carbocycles. The maximum absolute atomic E-state index is 12.7. The Bertz CT molecular complexity index is 461. The van der Waals surface area contributed by atoms with Gasteiger partial charge in [0.2, 0.25) is 5.91 Å². The average Bonchev–Trinajstić information content (AvgIpc) is 2.82. The summed E-state index contributed by atoms with van der Waals surface area (Å²) in [4.78, 5) is 19.7. The standard InChI is InChI=1S/C18H30N2OS/c1-15(2)20(13-17-10-9-16(3)22-17)14-18(21)19-11-7-5-4-6-8-12-19/h9-10,15H,4-8,11-14H2,1-3H3. The number of carbonyl (C=O) groups excluding carboxylic acids is 1. The fraction of sp³-hybridized carbons (Fsp3) is 0.722. The van der Waals surface area contributed by atoms with Crippen LogP contribution in [0.2, 0.25) is 0 Å². The first-order valence-electron chi connectivity index (χ1n) is 8.63. The predicted molar refractivity (Wildman–Crippen MR) is 94.3 cm³/mol. The Morgan fingerprint density at radius 1 is 1.18 bits per heavy atom. The highest BCUT2D eigenvalue weighted by Crippen LogP contribution is 2.19. The van der Waals surface area contributed by atoms with Gasteiger partial charge < -0.3 is 4.90 Å². The van der Waals surface area contributed by atoms with Crippen molar-refractivity contribution in [2.75, 3.05) is 19.6 Å². The second-order valence-corrected chi connectivity index (χ2v) is 8.03. The highest BCUT2D eigenvalue weighted by atomic mass is 32.1. The first-order valence-corrected chi connectivity index (χ1v) is 9.45. The molecule has 0 radical (unpaired) electrons. The normalized spacial score (nSPS) is 16.9. The molecule has 0 bridgehead atoms. The Morgan fingerprint density at radius 3 is 2.36 bits per heavy atom. The van der Waals surface area contributed by atoms with Crippen LogP contribution in [0.3, 0.4) is 0 Å². The predicted octanol–water partition coefficient (Wildman–Crippen LogP) is 4.06. The molecular formula is C18H30N2OS. The van der Waals surface area contributed by atoms with Crippen LogP contribution in [0.5, 0.6) is 0 Å². The van der Waals surface area contributed by atoms with E-state index < -0.39 is 0 Å². The number of amides is 1. The molecule has 3 nitrogen and oxygen atoms in total. The van der Waals surface area contributed by atoms with Gasteiger partial charge in [-0.2, -0.15) is 0 Å². The first kappa shape index (κ1) is 17.5. The van der Waals surface area contributed by atoms with Gasteiger partial charge in [-0.1, -0.05) is 19.3 Å². The Morgan fingerprint density at radius 2 is 1.82 bits per heavy atom. The van der Waals surface area contributed by atoms with Crippen LogP contribution in [0.1, 0.15) is 55.7 Å². The third kappa shape index (κ3) is 5.40. The molecule has 4 heteroatoms. The average molecular weight is 323 g/mol. The third-order valence-corrected chi connectivity index (χ3v) is 5.42. The number of carbonyl (C=O) groups is 1. The number of hydrogen-bond acceptors (Lipinski definition) is 3. The monoisotopic (exact) mass is 322 g/mol. The van der Waals surface area contributed by atoms with E-state index in [1.54, 1.807) is 0 Å². The van der Waals surface area contributed by atoms with E-state index in [1.165, 1.54) is 29.0 Å². The Kier molecular flexibility index (Phi) is 6.90. The zero-order chi connectivity index (χ0) is 15.9. The van der Waals surface area contributed by atoms with Crippen LogP contribution >= 0.6 is 11.3 Å². The SMILES string of the molecule is Cc1ccc(CN(CC(=O)N2CCCCCCC2)C(C)C)s1. The lowest BCUT2D eigenvalue weighted by atomic mass is 10.1. The minimum Gasteiger partial charge on any atom is -0.342 e. The van der Waals surface area contributed by atoms with E-state index in [9.17, 15) is 4.79 Å². The summed E-state index contributed by atoms with van der Waals surface area (Å²) in [6, 6.07) is 4.75. The van der Waals surface area contributed by atoms with E-state index in [4.69, 9.17) is 0 Å². The molecule has 0 spiro atoms. The summed E-state index contributed by atoms with van der Waals surface area (Å²) in [7, 11) is 0. The maximum atomic E-state index is 12.7. The Balaban J connectivity index is 1.92. The summed E-state index contributed by atoms with van der Waals surface area (Å²) in [5.74, 6) is 0.309. The van der Waals surface area contributed by atoms with Crippen molar-refractivity contribution in [3.63, 3.8) is 0 Å². The number of thiophene rings is 1. The zero-order valence-electron chi connectivity index (χ0n) is 14.3. The van der Waals surface area contributed by atoms with E-state index >= 15 is 0 Å². The van der Waals surface area contributed by atoms with Crippen LogP contribution in [-0.4, -0.2) is 41.4 Å². The molecule has 1 aromatic heterocycles. The molecule has 2 heterocycles. The highest BCUT2D eigenvalue weighted by Gasteiger charge is 2.20. The Labute approximate surface area is 139 Å². The lowest BCUT2D eigenvalue weighted by molar-refractivity contribution is -0.133. The van der Waals surface area contributed by atoms with Crippen LogP contribution in [0.15, 0.2) is 12.1 Å². The van der Waals surface area contributed by atoms with Crippen LogP contribution < -0.4 is 0 Å². The molecule has 0 saturated carbocycles. The summed E-state index contributed by atoms with van der Waals surface area (Å²) in [5, 5.41) is 0. The fourth-order valence-corrected chi connectivity index (χ4v) is 3.88. The van der Waals surface area contributed by atoms with Crippen molar-refractivity contribution in [1.29, 1.82) is 0 Å². The van der Waals surface area contributed by atoms with E-state index in [2.05, 4.69) is 42.7 Å². The van der Waals surface area contributed by atoms with Gasteiger partial charge in [-0.15, -0.1) is 11.3 Å². The van der Waals surface area contributed by atoms with Crippen molar-refractivity contribution < 1.29 is 4.79 Å². The molecule has 1 aliphatic heterocycles. The molecule has 1 saturated heterocycles. The molecule has 1 aromatic rings. The van der Waals surface area contributed by atoms with Gasteiger partial charge in [-0.05, 0) is 45.7 Å². The van der Waals surface area contributed by atoms with Crippen molar-refractivity contribution in [3.05, 3.63) is 21.9 Å². The number of nitrogens with zero attached hydrogens (tertiary/aromatic N) is 2. The molecule has 0 N–H and O–H groups in total. The van der Waals surface area contributed by atoms with E-state index in [-0.39, 0.29) is 0 Å². The number of rotatable bonds is 5. The molecule has 124 valence electrons. The molecule has 0 atom stereocenters. The minimum absolute atomic E-state index is 0.309. The van der Waals surface area contributed by atoms with Gasteiger partial charge in [0.05, 0.1) is 6.54 Å². The van der Waals surface area contributed by atoms with Gasteiger partial charge in [0.15, 0.2) is 0 Å². The number of aryl methyl sites for hydroxylation is 1. The molecular weight excluding hydrogens is 292 g/mol. The van der Waals surface area contributed by atoms with E-state index in [0.29, 0.717) is 18.5 Å². The summed E-state index contributed by atoms with van der Waals surface area (Å²) in [5.41, 5.74) is 0. The lowest BCUT2D eigenvalue weighted by Crippen LogP contribution is -2.43. The van der Waals surface area contributed by atoms with Crippen LogP contribution in [0.25, 0.3) is 0 Å². The second-order valence-electron chi connectivity index (χ2n) is 6.66. The quantitative estimate of drug-likeness (QED) is 0.816. The highest BCUT2D eigenvalue weighted by molar-refractivity contribution is 7.11. The molecule has 22 heavy (non-hydrogen) atoms. The summed E-state index contributed by atoms with van der Waals surface area (Å²) < 4.78 is 0. The van der Waals surface area contributed by atoms with Crippen molar-refractivity contribution in [2.45, 2.75) is 65.5 Å². The van der Waals surface area contributed by atoms with Crippen LogP contribution in [-0.2, 0) is 11.3 Å². The topological polar surface area (TPSA) is 23.6 Å². The van der Waals surface area contributed by atoms with E-state index in [1.807, 2.05) is 11.3 Å².